The van der Waals surface area contributed by atoms with E-state index < -0.39 is 10.8 Å². The highest BCUT2D eigenvalue weighted by atomic mass is 16.6. The van der Waals surface area contributed by atoms with Crippen LogP contribution in [0.5, 0.6) is 0 Å². The van der Waals surface area contributed by atoms with Crippen LogP contribution in [-0.4, -0.2) is 22.0 Å². The van der Waals surface area contributed by atoms with Crippen molar-refractivity contribution in [2.75, 3.05) is 0 Å². The second-order valence-corrected chi connectivity index (χ2v) is 6.00. The Morgan fingerprint density at radius 3 is 2.89 bits per heavy atom. The molecular formula is C19H14N4O4. The number of amides is 1. The third-order valence-electron chi connectivity index (χ3n) is 4.24. The molecule has 0 saturated heterocycles. The van der Waals surface area contributed by atoms with Gasteiger partial charge < -0.3 is 9.40 Å². The van der Waals surface area contributed by atoms with Crippen LogP contribution in [0.3, 0.4) is 0 Å². The van der Waals surface area contributed by atoms with Crippen LogP contribution in [0, 0.1) is 17.0 Å². The number of aromatic amines is 1. The molecule has 0 unspecified atom stereocenters. The predicted octanol–water partition coefficient (Wildman–Crippen LogP) is 3.89. The first-order chi connectivity index (χ1) is 13.0. The summed E-state index contributed by atoms with van der Waals surface area (Å²) in [6.07, 6.45) is 1.57. The number of aryl methyl sites for hydroxylation is 1. The molecule has 27 heavy (non-hydrogen) atoms. The lowest BCUT2D eigenvalue weighted by Crippen LogP contribution is -2.16. The fourth-order valence-corrected chi connectivity index (χ4v) is 2.93. The lowest BCUT2D eigenvalue weighted by atomic mass is 10.1. The average molecular weight is 362 g/mol. The summed E-state index contributed by atoms with van der Waals surface area (Å²) in [5.74, 6) is -0.513. The molecular weight excluding hydrogens is 348 g/mol. The normalized spacial score (nSPS) is 11.4. The number of nitrogens with zero attached hydrogens (tertiary/aromatic N) is 2. The van der Waals surface area contributed by atoms with E-state index in [9.17, 15) is 14.9 Å². The number of aromatic nitrogens is 1. The minimum absolute atomic E-state index is 0.0262. The van der Waals surface area contributed by atoms with Gasteiger partial charge in [0.1, 0.15) is 5.58 Å². The van der Waals surface area contributed by atoms with Crippen LogP contribution in [0.25, 0.3) is 21.9 Å². The first-order valence-corrected chi connectivity index (χ1v) is 8.11. The molecule has 0 aliphatic rings. The fourth-order valence-electron chi connectivity index (χ4n) is 2.93. The Hall–Kier alpha value is -3.94. The van der Waals surface area contributed by atoms with Gasteiger partial charge in [-0.2, -0.15) is 5.10 Å². The molecule has 2 heterocycles. The lowest BCUT2D eigenvalue weighted by Gasteiger charge is -1.96. The Bertz CT molecular complexity index is 1220. The van der Waals surface area contributed by atoms with Crippen LogP contribution in [0.2, 0.25) is 0 Å². The summed E-state index contributed by atoms with van der Waals surface area (Å²) in [7, 11) is 0. The van der Waals surface area contributed by atoms with E-state index in [1.807, 2.05) is 31.2 Å². The molecule has 4 rings (SSSR count). The maximum atomic E-state index is 12.2. The highest BCUT2D eigenvalue weighted by molar-refractivity contribution is 6.01. The van der Waals surface area contributed by atoms with E-state index in [2.05, 4.69) is 15.5 Å². The van der Waals surface area contributed by atoms with Crippen molar-refractivity contribution in [2.24, 2.45) is 5.10 Å². The molecule has 0 atom stereocenters. The molecule has 0 spiro atoms. The Morgan fingerprint density at radius 2 is 2.07 bits per heavy atom. The van der Waals surface area contributed by atoms with Crippen molar-refractivity contribution in [2.45, 2.75) is 6.92 Å². The molecule has 4 aromatic rings. The van der Waals surface area contributed by atoms with Gasteiger partial charge in [0.05, 0.1) is 11.1 Å². The van der Waals surface area contributed by atoms with Crippen molar-refractivity contribution < 1.29 is 14.1 Å². The van der Waals surface area contributed by atoms with Gasteiger partial charge in [-0.15, -0.1) is 0 Å². The Kier molecular flexibility index (Phi) is 3.92. The number of H-pyrrole nitrogens is 1. The van der Waals surface area contributed by atoms with Crippen LogP contribution in [0.1, 0.15) is 21.8 Å². The largest absolute Gasteiger partial charge is 0.451 e. The number of non-ortho nitro benzene ring substituents is 1. The molecule has 0 radical (unpaired) electrons. The van der Waals surface area contributed by atoms with Gasteiger partial charge in [0.2, 0.25) is 0 Å². The number of benzene rings is 2. The van der Waals surface area contributed by atoms with Crippen molar-refractivity contribution in [3.63, 3.8) is 0 Å². The molecule has 0 bridgehead atoms. The molecule has 2 aromatic carbocycles. The zero-order valence-electron chi connectivity index (χ0n) is 14.2. The number of rotatable bonds is 4. The van der Waals surface area contributed by atoms with Gasteiger partial charge in [-0.05, 0) is 25.1 Å². The second-order valence-electron chi connectivity index (χ2n) is 6.00. The number of carbonyl (C=O) groups excluding carboxylic acids is 1. The van der Waals surface area contributed by atoms with Gasteiger partial charge in [-0.3, -0.25) is 14.9 Å². The van der Waals surface area contributed by atoms with E-state index in [1.165, 1.54) is 24.3 Å². The number of nitro groups is 1. The first kappa shape index (κ1) is 16.5. The van der Waals surface area contributed by atoms with E-state index in [0.29, 0.717) is 11.0 Å². The minimum Gasteiger partial charge on any atom is -0.451 e. The monoisotopic (exact) mass is 362 g/mol. The maximum absolute atomic E-state index is 12.2. The zero-order chi connectivity index (χ0) is 19.0. The van der Waals surface area contributed by atoms with Gasteiger partial charge in [-0.25, -0.2) is 5.43 Å². The Morgan fingerprint density at radius 1 is 1.26 bits per heavy atom. The highest BCUT2D eigenvalue weighted by Crippen LogP contribution is 2.24. The number of carbonyl (C=O) groups is 1. The number of hydrogen-bond acceptors (Lipinski definition) is 5. The fraction of sp³-hybridized carbons (Fsp3) is 0.0526. The van der Waals surface area contributed by atoms with Crippen molar-refractivity contribution in [3.8, 4) is 0 Å². The van der Waals surface area contributed by atoms with E-state index >= 15 is 0 Å². The number of fused-ring (bicyclic) bond motifs is 2. The van der Waals surface area contributed by atoms with Crippen LogP contribution < -0.4 is 5.43 Å². The van der Waals surface area contributed by atoms with Crippen molar-refractivity contribution in [1.82, 2.24) is 10.4 Å². The number of nitrogens with one attached hydrogen (secondary N) is 2. The molecule has 2 N–H and O–H groups in total. The summed E-state index contributed by atoms with van der Waals surface area (Å²) in [5.41, 5.74) is 5.54. The third-order valence-corrected chi connectivity index (χ3v) is 4.24. The number of hydrogen-bond donors (Lipinski definition) is 2. The number of nitro benzene ring substituents is 1. The van der Waals surface area contributed by atoms with Gasteiger partial charge >= 0.3 is 5.91 Å². The number of furan rings is 1. The standard InChI is InChI=1S/C19H14N4O4/c1-11-15(14-4-2-3-5-16(14)21-11)10-20-22-19(24)18-9-12-8-13(23(25)26)6-7-17(12)27-18/h2-10,21H,1H3,(H,22,24)/b20-10+. The summed E-state index contributed by atoms with van der Waals surface area (Å²) in [4.78, 5) is 25.8. The second kappa shape index (κ2) is 6.41. The molecule has 1 amide bonds. The van der Waals surface area contributed by atoms with Gasteiger partial charge in [0.25, 0.3) is 5.69 Å². The number of hydrazone groups is 1. The SMILES string of the molecule is Cc1[nH]c2ccccc2c1/C=N/NC(=O)c1cc2cc([N+](=O)[O-])ccc2o1. The van der Waals surface area contributed by atoms with Crippen LogP contribution >= 0.6 is 0 Å². The summed E-state index contributed by atoms with van der Waals surface area (Å²) < 4.78 is 5.43. The van der Waals surface area contributed by atoms with E-state index in [4.69, 9.17) is 4.42 Å². The van der Waals surface area contributed by atoms with Crippen molar-refractivity contribution in [3.05, 3.63) is 75.7 Å². The summed E-state index contributed by atoms with van der Waals surface area (Å²) in [6.45, 7) is 1.93. The summed E-state index contributed by atoms with van der Waals surface area (Å²) >= 11 is 0. The molecule has 0 aliphatic heterocycles. The quantitative estimate of drug-likeness (QED) is 0.325. The van der Waals surface area contributed by atoms with Crippen LogP contribution in [0.4, 0.5) is 5.69 Å². The van der Waals surface area contributed by atoms with Gasteiger partial charge in [0.15, 0.2) is 5.76 Å². The van der Waals surface area contributed by atoms with E-state index in [1.54, 1.807) is 6.21 Å². The molecule has 8 nitrogen and oxygen atoms in total. The lowest BCUT2D eigenvalue weighted by molar-refractivity contribution is -0.384. The molecule has 8 heteroatoms. The summed E-state index contributed by atoms with van der Waals surface area (Å²) in [5, 5.41) is 16.3. The van der Waals surface area contributed by atoms with Crippen molar-refractivity contribution >= 4 is 39.7 Å². The van der Waals surface area contributed by atoms with Crippen molar-refractivity contribution in [1.29, 1.82) is 0 Å². The van der Waals surface area contributed by atoms with Crippen LogP contribution in [0.15, 0.2) is 58.0 Å². The number of para-hydroxylation sites is 1. The molecule has 134 valence electrons. The molecule has 2 aromatic heterocycles. The third kappa shape index (κ3) is 3.04. The molecule has 0 aliphatic carbocycles. The zero-order valence-corrected chi connectivity index (χ0v) is 14.2. The maximum Gasteiger partial charge on any atom is 0.307 e. The smallest absolute Gasteiger partial charge is 0.307 e. The van der Waals surface area contributed by atoms with Crippen LogP contribution in [-0.2, 0) is 0 Å². The molecule has 0 saturated carbocycles. The Balaban J connectivity index is 1.55. The first-order valence-electron chi connectivity index (χ1n) is 8.11. The topological polar surface area (TPSA) is 114 Å². The highest BCUT2D eigenvalue weighted by Gasteiger charge is 2.14. The average Bonchev–Trinajstić information content (AvgIpc) is 3.22. The van der Waals surface area contributed by atoms with E-state index in [-0.39, 0.29) is 11.4 Å². The summed E-state index contributed by atoms with van der Waals surface area (Å²) in [6, 6.07) is 13.4. The van der Waals surface area contributed by atoms with E-state index in [0.717, 1.165) is 22.2 Å². The molecule has 0 fully saturated rings. The van der Waals surface area contributed by atoms with Gasteiger partial charge in [-0.1, -0.05) is 18.2 Å². The predicted molar refractivity (Wildman–Crippen MR) is 101 cm³/mol. The van der Waals surface area contributed by atoms with Gasteiger partial charge in [0, 0.05) is 39.7 Å². The minimum atomic E-state index is -0.539. The Labute approximate surface area is 152 Å².